The number of aromatic nitrogens is 4. The van der Waals surface area contributed by atoms with Gasteiger partial charge in [-0.15, -0.1) is 21.5 Å². The Morgan fingerprint density at radius 3 is 2.74 bits per heavy atom. The predicted octanol–water partition coefficient (Wildman–Crippen LogP) is 6.51. The number of carbonyl (C=O) groups excluding carboxylic acids is 1. The van der Waals surface area contributed by atoms with E-state index in [1.54, 1.807) is 0 Å². The number of thioether (sulfide) groups is 1. The van der Waals surface area contributed by atoms with E-state index < -0.39 is 0 Å². The monoisotopic (exact) mass is 586 g/mol. The van der Waals surface area contributed by atoms with Crippen LogP contribution in [0.1, 0.15) is 40.3 Å². The van der Waals surface area contributed by atoms with E-state index in [9.17, 15) is 4.79 Å². The van der Waals surface area contributed by atoms with E-state index in [1.165, 1.54) is 42.4 Å². The minimum Gasteiger partial charge on any atom is -0.349 e. The number of hydrogen-bond acceptors (Lipinski definition) is 7. The molecule has 5 rings (SSSR count). The number of halogens is 2. The number of piperidine rings is 1. The number of benzene rings is 2. The second kappa shape index (κ2) is 12.6. The lowest BCUT2D eigenvalue weighted by Crippen LogP contribution is -2.37. The summed E-state index contributed by atoms with van der Waals surface area (Å²) in [7, 11) is 0. The van der Waals surface area contributed by atoms with Crippen LogP contribution in [-0.4, -0.2) is 56.7 Å². The highest BCUT2D eigenvalue weighted by Gasteiger charge is 2.20. The Morgan fingerprint density at radius 1 is 1.11 bits per heavy atom. The van der Waals surface area contributed by atoms with Crippen molar-refractivity contribution in [2.24, 2.45) is 0 Å². The summed E-state index contributed by atoms with van der Waals surface area (Å²) in [6, 6.07) is 13.3. The zero-order valence-corrected chi connectivity index (χ0v) is 24.1. The van der Waals surface area contributed by atoms with Gasteiger partial charge in [-0.1, -0.05) is 59.6 Å². The predicted molar refractivity (Wildman–Crippen MR) is 156 cm³/mol. The first-order valence-electron chi connectivity index (χ1n) is 12.5. The first-order valence-corrected chi connectivity index (χ1v) is 15.2. The molecule has 0 saturated carbocycles. The lowest BCUT2D eigenvalue weighted by atomic mass is 10.1. The van der Waals surface area contributed by atoms with Gasteiger partial charge in [0.1, 0.15) is 10.7 Å². The van der Waals surface area contributed by atoms with Crippen molar-refractivity contribution in [1.29, 1.82) is 0 Å². The maximum Gasteiger partial charge on any atom is 0.270 e. The molecule has 0 bridgehead atoms. The molecular formula is C27H28Cl2N6OS2. The van der Waals surface area contributed by atoms with Gasteiger partial charge >= 0.3 is 0 Å². The van der Waals surface area contributed by atoms with Crippen LogP contribution in [0.3, 0.4) is 0 Å². The minimum absolute atomic E-state index is 0.131. The minimum atomic E-state index is -0.131. The van der Waals surface area contributed by atoms with Crippen LogP contribution in [0.4, 0.5) is 0 Å². The van der Waals surface area contributed by atoms with Crippen molar-refractivity contribution in [3.63, 3.8) is 0 Å². The highest BCUT2D eigenvalue weighted by Crippen LogP contribution is 2.35. The van der Waals surface area contributed by atoms with E-state index in [-0.39, 0.29) is 5.91 Å². The van der Waals surface area contributed by atoms with E-state index in [0.29, 0.717) is 39.0 Å². The van der Waals surface area contributed by atoms with Gasteiger partial charge in [0.2, 0.25) is 0 Å². The Bertz CT molecular complexity index is 1420. The SMILES string of the molecule is Cc1ccc(Cl)cc1-n1c(SCc2nc(C(=O)NCCN3CCCCC3)cs2)nnc1-c1ccccc1Cl. The molecule has 0 atom stereocenters. The molecule has 1 fully saturated rings. The van der Waals surface area contributed by atoms with Gasteiger partial charge in [-0.05, 0) is 62.7 Å². The standard InChI is InChI=1S/C27H28Cl2N6OS2/c1-18-9-10-19(28)15-23(18)35-25(20-7-3-4-8-21(20)29)32-33-27(35)38-17-24-31-22(16-37-24)26(36)30-11-14-34-12-5-2-6-13-34/h3-4,7-10,15-16H,2,5-6,11-14,17H2,1H3,(H,30,36). The van der Waals surface area contributed by atoms with Crippen molar-refractivity contribution in [1.82, 2.24) is 30.0 Å². The topological polar surface area (TPSA) is 75.9 Å². The molecule has 1 N–H and O–H groups in total. The fraction of sp³-hybridized carbons (Fsp3) is 0.333. The third-order valence-electron chi connectivity index (χ3n) is 6.43. The zero-order valence-electron chi connectivity index (χ0n) is 21.0. The fourth-order valence-corrected chi connectivity index (χ4v) is 6.55. The molecule has 38 heavy (non-hydrogen) atoms. The molecule has 0 unspecified atom stereocenters. The molecule has 1 saturated heterocycles. The molecule has 0 radical (unpaired) electrons. The van der Waals surface area contributed by atoms with Crippen molar-refractivity contribution < 1.29 is 4.79 Å². The smallest absolute Gasteiger partial charge is 0.270 e. The van der Waals surface area contributed by atoms with Crippen LogP contribution in [0.2, 0.25) is 10.0 Å². The number of hydrogen-bond donors (Lipinski definition) is 1. The molecule has 2 aromatic carbocycles. The summed E-state index contributed by atoms with van der Waals surface area (Å²) in [5.74, 6) is 1.05. The molecule has 2 aromatic heterocycles. The Morgan fingerprint density at radius 2 is 1.92 bits per heavy atom. The molecule has 4 aromatic rings. The number of aryl methyl sites for hydroxylation is 1. The average molecular weight is 588 g/mol. The van der Waals surface area contributed by atoms with Crippen LogP contribution in [0.25, 0.3) is 17.1 Å². The van der Waals surface area contributed by atoms with Gasteiger partial charge in [0, 0.05) is 29.1 Å². The Balaban J connectivity index is 1.31. The van der Waals surface area contributed by atoms with Crippen LogP contribution >= 0.6 is 46.3 Å². The summed E-state index contributed by atoms with van der Waals surface area (Å²) in [5, 5.41) is 16.5. The zero-order chi connectivity index (χ0) is 26.5. The Kier molecular flexibility index (Phi) is 9.01. The number of likely N-dealkylation sites (tertiary alicyclic amines) is 1. The summed E-state index contributed by atoms with van der Waals surface area (Å²) in [6.45, 7) is 5.77. The third kappa shape index (κ3) is 6.40. The summed E-state index contributed by atoms with van der Waals surface area (Å²) >= 11 is 15.9. The molecule has 1 amide bonds. The lowest BCUT2D eigenvalue weighted by Gasteiger charge is -2.26. The molecular weight excluding hydrogens is 559 g/mol. The molecule has 7 nitrogen and oxygen atoms in total. The first kappa shape index (κ1) is 27.1. The number of rotatable bonds is 9. The van der Waals surface area contributed by atoms with E-state index >= 15 is 0 Å². The van der Waals surface area contributed by atoms with Crippen molar-refractivity contribution in [3.8, 4) is 17.1 Å². The third-order valence-corrected chi connectivity index (χ3v) is 8.97. The van der Waals surface area contributed by atoms with E-state index in [4.69, 9.17) is 23.2 Å². The first-order chi connectivity index (χ1) is 18.5. The molecule has 0 spiro atoms. The molecule has 1 aliphatic heterocycles. The van der Waals surface area contributed by atoms with Crippen molar-refractivity contribution in [3.05, 3.63) is 74.2 Å². The molecule has 198 valence electrons. The summed E-state index contributed by atoms with van der Waals surface area (Å²) < 4.78 is 1.98. The van der Waals surface area contributed by atoms with Crippen molar-refractivity contribution >= 4 is 52.2 Å². The van der Waals surface area contributed by atoms with Gasteiger partial charge in [-0.25, -0.2) is 4.98 Å². The van der Waals surface area contributed by atoms with Crippen LogP contribution in [-0.2, 0) is 5.75 Å². The quantitative estimate of drug-likeness (QED) is 0.225. The second-order valence-electron chi connectivity index (χ2n) is 9.13. The largest absolute Gasteiger partial charge is 0.349 e. The lowest BCUT2D eigenvalue weighted by molar-refractivity contribution is 0.0942. The van der Waals surface area contributed by atoms with Crippen LogP contribution in [0.5, 0.6) is 0 Å². The van der Waals surface area contributed by atoms with Gasteiger partial charge < -0.3 is 10.2 Å². The summed E-state index contributed by atoms with van der Waals surface area (Å²) in [5.41, 5.74) is 3.15. The molecule has 0 aliphatic carbocycles. The van der Waals surface area contributed by atoms with E-state index in [0.717, 1.165) is 41.5 Å². The highest BCUT2D eigenvalue weighted by atomic mass is 35.5. The maximum atomic E-state index is 12.6. The van der Waals surface area contributed by atoms with Gasteiger partial charge in [0.25, 0.3) is 5.91 Å². The number of nitrogens with one attached hydrogen (secondary N) is 1. The van der Waals surface area contributed by atoms with Gasteiger partial charge in [0.15, 0.2) is 11.0 Å². The van der Waals surface area contributed by atoms with Crippen molar-refractivity contribution in [2.75, 3.05) is 26.2 Å². The number of carbonyl (C=O) groups is 1. The Hall–Kier alpha value is -2.43. The normalized spacial score (nSPS) is 14.1. The molecule has 11 heteroatoms. The number of amides is 1. The number of nitrogens with zero attached hydrogens (tertiary/aromatic N) is 5. The molecule has 3 heterocycles. The van der Waals surface area contributed by atoms with Crippen LogP contribution in [0.15, 0.2) is 53.0 Å². The van der Waals surface area contributed by atoms with E-state index in [1.807, 2.05) is 59.3 Å². The van der Waals surface area contributed by atoms with Gasteiger partial charge in [-0.3, -0.25) is 9.36 Å². The number of thiazole rings is 1. The fourth-order valence-electron chi connectivity index (χ4n) is 4.43. The average Bonchev–Trinajstić information content (AvgIpc) is 3.57. The highest BCUT2D eigenvalue weighted by molar-refractivity contribution is 7.98. The second-order valence-corrected chi connectivity index (χ2v) is 11.9. The van der Waals surface area contributed by atoms with Crippen LogP contribution in [0, 0.1) is 6.92 Å². The molecule has 1 aliphatic rings. The summed E-state index contributed by atoms with van der Waals surface area (Å²) in [4.78, 5) is 19.6. The van der Waals surface area contributed by atoms with E-state index in [2.05, 4.69) is 25.4 Å². The van der Waals surface area contributed by atoms with Gasteiger partial charge in [-0.2, -0.15) is 0 Å². The summed E-state index contributed by atoms with van der Waals surface area (Å²) in [6.07, 6.45) is 3.79. The Labute approximate surface area is 240 Å². The van der Waals surface area contributed by atoms with Crippen LogP contribution < -0.4 is 5.32 Å². The van der Waals surface area contributed by atoms with Gasteiger partial charge in [0.05, 0.1) is 16.5 Å². The van der Waals surface area contributed by atoms with Crippen molar-refractivity contribution in [2.45, 2.75) is 37.1 Å². The maximum absolute atomic E-state index is 12.6.